The van der Waals surface area contributed by atoms with E-state index in [1.54, 1.807) is 19.1 Å². The summed E-state index contributed by atoms with van der Waals surface area (Å²) in [6.45, 7) is 1.55. The maximum Gasteiger partial charge on any atom is 0.416 e. The molecule has 0 aromatic heterocycles. The van der Waals surface area contributed by atoms with E-state index < -0.39 is 29.5 Å². The SMILES string of the molecule is CCC(Cc1ccc(C(=O)NCc2ccccc2C(F)(F)F)cc1)C(=O)O. The van der Waals surface area contributed by atoms with Crippen LogP contribution < -0.4 is 5.32 Å². The minimum Gasteiger partial charge on any atom is -0.481 e. The Kier molecular flexibility index (Phi) is 6.60. The second kappa shape index (κ2) is 8.70. The van der Waals surface area contributed by atoms with Crippen molar-refractivity contribution in [1.82, 2.24) is 5.32 Å². The Morgan fingerprint density at radius 1 is 1.07 bits per heavy atom. The van der Waals surface area contributed by atoms with Crippen LogP contribution >= 0.6 is 0 Å². The topological polar surface area (TPSA) is 66.4 Å². The summed E-state index contributed by atoms with van der Waals surface area (Å²) >= 11 is 0. The number of benzene rings is 2. The van der Waals surface area contributed by atoms with Crippen molar-refractivity contribution in [2.75, 3.05) is 0 Å². The zero-order valence-electron chi connectivity index (χ0n) is 14.7. The lowest BCUT2D eigenvalue weighted by atomic mass is 9.96. The molecule has 0 saturated carbocycles. The summed E-state index contributed by atoms with van der Waals surface area (Å²) in [5, 5.41) is 11.6. The van der Waals surface area contributed by atoms with Crippen molar-refractivity contribution in [2.24, 2.45) is 5.92 Å². The highest BCUT2D eigenvalue weighted by Crippen LogP contribution is 2.31. The highest BCUT2D eigenvalue weighted by Gasteiger charge is 2.32. The Balaban J connectivity index is 2.02. The zero-order chi connectivity index (χ0) is 20.0. The lowest BCUT2D eigenvalue weighted by Gasteiger charge is -2.13. The number of carboxylic acid groups (broad SMARTS) is 1. The lowest BCUT2D eigenvalue weighted by molar-refractivity contribution is -0.142. The average Bonchev–Trinajstić information content (AvgIpc) is 2.64. The van der Waals surface area contributed by atoms with Crippen molar-refractivity contribution in [3.05, 3.63) is 70.8 Å². The molecule has 7 heteroatoms. The van der Waals surface area contributed by atoms with Gasteiger partial charge in [-0.15, -0.1) is 0 Å². The number of carbonyl (C=O) groups excluding carboxylic acids is 1. The standard InChI is InChI=1S/C20H20F3NO3/c1-2-14(19(26)27)11-13-7-9-15(10-8-13)18(25)24-12-16-5-3-4-6-17(16)20(21,22)23/h3-10,14H,2,11-12H2,1H3,(H,24,25)(H,26,27). The quantitative estimate of drug-likeness (QED) is 0.754. The fourth-order valence-electron chi connectivity index (χ4n) is 2.71. The first-order valence-corrected chi connectivity index (χ1v) is 8.47. The van der Waals surface area contributed by atoms with Gasteiger partial charge in [0.05, 0.1) is 11.5 Å². The molecule has 0 spiro atoms. The van der Waals surface area contributed by atoms with Gasteiger partial charge in [-0.2, -0.15) is 13.2 Å². The number of amides is 1. The number of rotatable bonds is 7. The van der Waals surface area contributed by atoms with Gasteiger partial charge in [0.1, 0.15) is 0 Å². The van der Waals surface area contributed by atoms with E-state index in [2.05, 4.69) is 5.32 Å². The summed E-state index contributed by atoms with van der Waals surface area (Å²) in [7, 11) is 0. The first kappa shape index (κ1) is 20.5. The van der Waals surface area contributed by atoms with Gasteiger partial charge in [0, 0.05) is 12.1 Å². The third-order valence-corrected chi connectivity index (χ3v) is 4.30. The third-order valence-electron chi connectivity index (χ3n) is 4.30. The fraction of sp³-hybridized carbons (Fsp3) is 0.300. The molecule has 0 saturated heterocycles. The molecular weight excluding hydrogens is 359 g/mol. The molecule has 0 heterocycles. The number of alkyl halides is 3. The van der Waals surface area contributed by atoms with Crippen molar-refractivity contribution in [3.8, 4) is 0 Å². The molecule has 0 aliphatic heterocycles. The predicted octanol–water partition coefficient (Wildman–Crippen LogP) is 4.29. The van der Waals surface area contributed by atoms with Crippen molar-refractivity contribution < 1.29 is 27.9 Å². The van der Waals surface area contributed by atoms with Crippen LogP contribution in [0.1, 0.15) is 40.4 Å². The molecule has 1 amide bonds. The van der Waals surface area contributed by atoms with E-state index in [0.717, 1.165) is 11.6 Å². The van der Waals surface area contributed by atoms with Crippen LogP contribution in [0.5, 0.6) is 0 Å². The van der Waals surface area contributed by atoms with E-state index in [-0.39, 0.29) is 12.1 Å². The van der Waals surface area contributed by atoms with Crippen molar-refractivity contribution in [1.29, 1.82) is 0 Å². The molecule has 1 atom stereocenters. The first-order chi connectivity index (χ1) is 12.7. The van der Waals surface area contributed by atoms with E-state index in [0.29, 0.717) is 18.4 Å². The number of nitrogens with one attached hydrogen (secondary N) is 1. The van der Waals surface area contributed by atoms with E-state index in [4.69, 9.17) is 5.11 Å². The van der Waals surface area contributed by atoms with Crippen LogP contribution in [0.4, 0.5) is 13.2 Å². The van der Waals surface area contributed by atoms with Crippen LogP contribution in [0, 0.1) is 5.92 Å². The first-order valence-electron chi connectivity index (χ1n) is 8.47. The van der Waals surface area contributed by atoms with Crippen LogP contribution in [0.3, 0.4) is 0 Å². The summed E-state index contributed by atoms with van der Waals surface area (Å²) in [4.78, 5) is 23.3. The van der Waals surface area contributed by atoms with Gasteiger partial charge in [-0.1, -0.05) is 37.3 Å². The van der Waals surface area contributed by atoms with Crippen LogP contribution in [0.15, 0.2) is 48.5 Å². The number of hydrogen-bond acceptors (Lipinski definition) is 2. The third kappa shape index (κ3) is 5.57. The fourth-order valence-corrected chi connectivity index (χ4v) is 2.71. The summed E-state index contributed by atoms with van der Waals surface area (Å²) < 4.78 is 38.9. The summed E-state index contributed by atoms with van der Waals surface area (Å²) in [6, 6.07) is 11.5. The van der Waals surface area contributed by atoms with E-state index in [9.17, 15) is 22.8 Å². The number of hydrogen-bond donors (Lipinski definition) is 2. The Hall–Kier alpha value is -2.83. The molecule has 0 bridgehead atoms. The smallest absolute Gasteiger partial charge is 0.416 e. The minimum atomic E-state index is -4.48. The summed E-state index contributed by atoms with van der Waals surface area (Å²) in [5.74, 6) is -1.87. The zero-order valence-corrected chi connectivity index (χ0v) is 14.7. The summed E-state index contributed by atoms with van der Waals surface area (Å²) in [6.07, 6.45) is -3.63. The Bertz CT molecular complexity index is 801. The Morgan fingerprint density at radius 3 is 2.26 bits per heavy atom. The molecule has 0 radical (unpaired) electrons. The van der Waals surface area contributed by atoms with Crippen LogP contribution in [0.2, 0.25) is 0 Å². The van der Waals surface area contributed by atoms with Gasteiger partial charge < -0.3 is 10.4 Å². The number of aliphatic carboxylic acids is 1. The highest BCUT2D eigenvalue weighted by atomic mass is 19.4. The molecule has 4 nitrogen and oxygen atoms in total. The van der Waals surface area contributed by atoms with Gasteiger partial charge in [-0.25, -0.2) is 0 Å². The van der Waals surface area contributed by atoms with Crippen molar-refractivity contribution in [3.63, 3.8) is 0 Å². The normalized spacial score (nSPS) is 12.4. The molecule has 2 rings (SSSR count). The largest absolute Gasteiger partial charge is 0.481 e. The van der Waals surface area contributed by atoms with Gasteiger partial charge in [-0.05, 0) is 42.2 Å². The number of carboxylic acids is 1. The molecule has 144 valence electrons. The van der Waals surface area contributed by atoms with Gasteiger partial charge in [0.15, 0.2) is 0 Å². The van der Waals surface area contributed by atoms with Gasteiger partial charge in [0.2, 0.25) is 0 Å². The highest BCUT2D eigenvalue weighted by molar-refractivity contribution is 5.94. The lowest BCUT2D eigenvalue weighted by Crippen LogP contribution is -2.24. The minimum absolute atomic E-state index is 0.0118. The van der Waals surface area contributed by atoms with E-state index in [1.165, 1.54) is 30.3 Å². The van der Waals surface area contributed by atoms with Crippen LogP contribution in [0.25, 0.3) is 0 Å². The van der Waals surface area contributed by atoms with Gasteiger partial charge in [-0.3, -0.25) is 9.59 Å². The Labute approximate surface area is 155 Å². The molecule has 0 aliphatic carbocycles. The van der Waals surface area contributed by atoms with Gasteiger partial charge in [0.25, 0.3) is 5.91 Å². The van der Waals surface area contributed by atoms with Crippen molar-refractivity contribution in [2.45, 2.75) is 32.5 Å². The Morgan fingerprint density at radius 2 is 1.70 bits per heavy atom. The second-order valence-corrected chi connectivity index (χ2v) is 6.18. The molecule has 2 N–H and O–H groups in total. The van der Waals surface area contributed by atoms with Crippen LogP contribution in [-0.4, -0.2) is 17.0 Å². The monoisotopic (exact) mass is 379 g/mol. The van der Waals surface area contributed by atoms with Crippen molar-refractivity contribution >= 4 is 11.9 Å². The second-order valence-electron chi connectivity index (χ2n) is 6.18. The van der Waals surface area contributed by atoms with E-state index in [1.807, 2.05) is 0 Å². The molecule has 27 heavy (non-hydrogen) atoms. The summed E-state index contributed by atoms with van der Waals surface area (Å²) in [5.41, 5.74) is 0.289. The maximum atomic E-state index is 13.0. The molecule has 1 unspecified atom stereocenters. The van der Waals surface area contributed by atoms with Gasteiger partial charge >= 0.3 is 12.1 Å². The molecule has 0 aliphatic rings. The molecule has 0 fully saturated rings. The maximum absolute atomic E-state index is 13.0. The number of halogens is 3. The number of carbonyl (C=O) groups is 2. The van der Waals surface area contributed by atoms with Crippen LogP contribution in [-0.2, 0) is 23.9 Å². The average molecular weight is 379 g/mol. The molecular formula is C20H20F3NO3. The predicted molar refractivity (Wildman–Crippen MR) is 94.2 cm³/mol. The van der Waals surface area contributed by atoms with E-state index >= 15 is 0 Å². The molecule has 2 aromatic rings. The molecule has 2 aromatic carbocycles.